The number of rotatable bonds is 2. The van der Waals surface area contributed by atoms with Crippen molar-refractivity contribution in [1.29, 1.82) is 0 Å². The second-order valence-electron chi connectivity index (χ2n) is 4.69. The van der Waals surface area contributed by atoms with Crippen LogP contribution in [0.4, 0.5) is 0 Å². The second-order valence-corrected chi connectivity index (χ2v) is 5.10. The summed E-state index contributed by atoms with van der Waals surface area (Å²) in [5.74, 6) is 0. The number of morpholine rings is 1. The molecule has 1 N–H and O–H groups in total. The van der Waals surface area contributed by atoms with Crippen molar-refractivity contribution in [2.45, 2.75) is 11.5 Å². The Morgan fingerprint density at radius 2 is 2.12 bits per heavy atom. The monoisotopic (exact) mass is 253 g/mol. The van der Waals surface area contributed by atoms with Crippen LogP contribution in [0.15, 0.2) is 24.3 Å². The van der Waals surface area contributed by atoms with Gasteiger partial charge in [-0.2, -0.15) is 0 Å². The summed E-state index contributed by atoms with van der Waals surface area (Å²) in [7, 11) is 0. The lowest BCUT2D eigenvalue weighted by Crippen LogP contribution is -2.61. The summed E-state index contributed by atoms with van der Waals surface area (Å²) in [6.45, 7) is 3.95. The van der Waals surface area contributed by atoms with E-state index in [9.17, 15) is 0 Å². The van der Waals surface area contributed by atoms with Gasteiger partial charge in [0.05, 0.1) is 31.3 Å². The van der Waals surface area contributed by atoms with Crippen molar-refractivity contribution in [2.24, 2.45) is 0 Å². The van der Waals surface area contributed by atoms with E-state index in [0.29, 0.717) is 13.2 Å². The van der Waals surface area contributed by atoms with Gasteiger partial charge in [0.15, 0.2) is 0 Å². The minimum Gasteiger partial charge on any atom is -0.379 e. The lowest BCUT2D eigenvalue weighted by molar-refractivity contribution is -0.146. The van der Waals surface area contributed by atoms with Crippen LogP contribution in [0.2, 0.25) is 5.02 Å². The molecule has 4 heteroatoms. The van der Waals surface area contributed by atoms with Gasteiger partial charge in [-0.1, -0.05) is 29.8 Å². The van der Waals surface area contributed by atoms with E-state index < -0.39 is 0 Å². The zero-order valence-corrected chi connectivity index (χ0v) is 10.4. The van der Waals surface area contributed by atoms with Crippen molar-refractivity contribution in [3.05, 3.63) is 34.9 Å². The Morgan fingerprint density at radius 3 is 2.71 bits per heavy atom. The lowest BCUT2D eigenvalue weighted by atomic mass is 9.73. The van der Waals surface area contributed by atoms with E-state index in [4.69, 9.17) is 21.1 Å². The summed E-state index contributed by atoms with van der Waals surface area (Å²) in [6.07, 6.45) is 0.157. The van der Waals surface area contributed by atoms with Crippen LogP contribution in [0, 0.1) is 0 Å². The molecule has 0 radical (unpaired) electrons. The molecule has 3 rings (SSSR count). The molecule has 0 aromatic heterocycles. The predicted octanol–water partition coefficient (Wildman–Crippen LogP) is 1.60. The number of hydrogen-bond acceptors (Lipinski definition) is 3. The fourth-order valence-electron chi connectivity index (χ4n) is 2.62. The van der Waals surface area contributed by atoms with Crippen molar-refractivity contribution in [3.63, 3.8) is 0 Å². The van der Waals surface area contributed by atoms with Crippen LogP contribution < -0.4 is 5.32 Å². The quantitative estimate of drug-likeness (QED) is 0.869. The molecule has 0 aliphatic carbocycles. The lowest BCUT2D eigenvalue weighted by Gasteiger charge is -2.48. The maximum atomic E-state index is 6.31. The van der Waals surface area contributed by atoms with Gasteiger partial charge in [-0.25, -0.2) is 0 Å². The van der Waals surface area contributed by atoms with Crippen LogP contribution in [0.1, 0.15) is 5.56 Å². The van der Waals surface area contributed by atoms with Crippen LogP contribution in [0.25, 0.3) is 0 Å². The molecule has 3 nitrogen and oxygen atoms in total. The first-order valence-corrected chi connectivity index (χ1v) is 6.36. The van der Waals surface area contributed by atoms with Gasteiger partial charge in [-0.3, -0.25) is 0 Å². The highest BCUT2D eigenvalue weighted by molar-refractivity contribution is 6.31. The van der Waals surface area contributed by atoms with Gasteiger partial charge in [0.25, 0.3) is 0 Å². The molecule has 2 aliphatic rings. The summed E-state index contributed by atoms with van der Waals surface area (Å²) in [6, 6.07) is 8.01. The number of hydrogen-bond donors (Lipinski definition) is 1. The van der Waals surface area contributed by atoms with Gasteiger partial charge < -0.3 is 14.8 Å². The van der Waals surface area contributed by atoms with Crippen LogP contribution >= 0.6 is 11.6 Å². The van der Waals surface area contributed by atoms with E-state index >= 15 is 0 Å². The fourth-order valence-corrected chi connectivity index (χ4v) is 2.95. The molecular formula is C13H16ClNO2. The summed E-state index contributed by atoms with van der Waals surface area (Å²) >= 11 is 6.31. The third-order valence-corrected chi connectivity index (χ3v) is 4.00. The van der Waals surface area contributed by atoms with Gasteiger partial charge in [0, 0.05) is 18.1 Å². The summed E-state index contributed by atoms with van der Waals surface area (Å²) in [4.78, 5) is 0. The van der Waals surface area contributed by atoms with Crippen LogP contribution in [0.5, 0.6) is 0 Å². The van der Waals surface area contributed by atoms with E-state index in [0.717, 1.165) is 30.3 Å². The van der Waals surface area contributed by atoms with Gasteiger partial charge >= 0.3 is 0 Å². The maximum absolute atomic E-state index is 6.31. The van der Waals surface area contributed by atoms with Gasteiger partial charge in [0.1, 0.15) is 0 Å². The number of nitrogens with one attached hydrogen (secondary N) is 1. The third-order valence-electron chi connectivity index (χ3n) is 3.67. The van der Waals surface area contributed by atoms with Crippen molar-refractivity contribution in [2.75, 3.05) is 32.9 Å². The highest BCUT2D eigenvalue weighted by Gasteiger charge is 2.49. The normalized spacial score (nSPS) is 27.5. The molecule has 0 amide bonds. The first-order chi connectivity index (χ1) is 8.33. The Bertz CT molecular complexity index is 400. The molecule has 0 spiro atoms. The molecule has 1 aromatic carbocycles. The molecule has 92 valence electrons. The smallest absolute Gasteiger partial charge is 0.0841 e. The SMILES string of the molecule is Clc1ccccc1C1(C2CNCCO2)COC1. The topological polar surface area (TPSA) is 30.5 Å². The second kappa shape index (κ2) is 4.58. The van der Waals surface area contributed by atoms with E-state index in [1.807, 2.05) is 18.2 Å². The fraction of sp³-hybridized carbons (Fsp3) is 0.538. The van der Waals surface area contributed by atoms with Gasteiger partial charge in [0.2, 0.25) is 0 Å². The summed E-state index contributed by atoms with van der Waals surface area (Å²) in [5, 5.41) is 4.18. The zero-order chi connectivity index (χ0) is 11.7. The number of ether oxygens (including phenoxy) is 2. The van der Waals surface area contributed by atoms with Gasteiger partial charge in [-0.05, 0) is 11.6 Å². The van der Waals surface area contributed by atoms with E-state index in [-0.39, 0.29) is 11.5 Å². The Hall–Kier alpha value is -0.610. The van der Waals surface area contributed by atoms with Crippen LogP contribution in [-0.4, -0.2) is 39.0 Å². The van der Waals surface area contributed by atoms with Crippen molar-refractivity contribution in [1.82, 2.24) is 5.32 Å². The van der Waals surface area contributed by atoms with Gasteiger partial charge in [-0.15, -0.1) is 0 Å². The first-order valence-electron chi connectivity index (χ1n) is 5.98. The molecular weight excluding hydrogens is 238 g/mol. The average Bonchev–Trinajstić information content (AvgIpc) is 2.32. The van der Waals surface area contributed by atoms with Crippen molar-refractivity contribution < 1.29 is 9.47 Å². The zero-order valence-electron chi connectivity index (χ0n) is 9.62. The molecule has 0 saturated carbocycles. The maximum Gasteiger partial charge on any atom is 0.0841 e. The van der Waals surface area contributed by atoms with E-state index in [2.05, 4.69) is 11.4 Å². The Morgan fingerprint density at radius 1 is 1.29 bits per heavy atom. The molecule has 1 aromatic rings. The molecule has 1 atom stereocenters. The van der Waals surface area contributed by atoms with E-state index in [1.165, 1.54) is 0 Å². The van der Waals surface area contributed by atoms with Crippen LogP contribution in [0.3, 0.4) is 0 Å². The molecule has 2 saturated heterocycles. The van der Waals surface area contributed by atoms with Crippen LogP contribution in [-0.2, 0) is 14.9 Å². The highest BCUT2D eigenvalue weighted by atomic mass is 35.5. The molecule has 2 fully saturated rings. The predicted molar refractivity (Wildman–Crippen MR) is 66.6 cm³/mol. The minimum absolute atomic E-state index is 0.0637. The Labute approximate surface area is 106 Å². The molecule has 0 bridgehead atoms. The first kappa shape index (κ1) is 11.5. The number of halogens is 1. The van der Waals surface area contributed by atoms with Crippen molar-refractivity contribution >= 4 is 11.6 Å². The largest absolute Gasteiger partial charge is 0.379 e. The minimum atomic E-state index is -0.0637. The Kier molecular flexibility index (Phi) is 3.09. The third kappa shape index (κ3) is 1.87. The Balaban J connectivity index is 1.93. The molecule has 2 heterocycles. The summed E-state index contributed by atoms with van der Waals surface area (Å²) < 4.78 is 11.3. The summed E-state index contributed by atoms with van der Waals surface area (Å²) in [5.41, 5.74) is 1.09. The molecule has 2 aliphatic heterocycles. The average molecular weight is 254 g/mol. The highest BCUT2D eigenvalue weighted by Crippen LogP contribution is 2.40. The number of benzene rings is 1. The molecule has 1 unspecified atom stereocenters. The van der Waals surface area contributed by atoms with Crippen molar-refractivity contribution in [3.8, 4) is 0 Å². The van der Waals surface area contributed by atoms with E-state index in [1.54, 1.807) is 0 Å². The standard InChI is InChI=1S/C13H16ClNO2/c14-11-4-2-1-3-10(11)13(8-16-9-13)12-7-15-5-6-17-12/h1-4,12,15H,5-9H2. The molecule has 17 heavy (non-hydrogen) atoms.